The van der Waals surface area contributed by atoms with E-state index in [9.17, 15) is 9.90 Å². The third-order valence-electron chi connectivity index (χ3n) is 3.97. The van der Waals surface area contributed by atoms with Crippen molar-refractivity contribution in [3.8, 4) is 5.88 Å². The van der Waals surface area contributed by atoms with Gasteiger partial charge in [0.1, 0.15) is 10.2 Å². The van der Waals surface area contributed by atoms with Crippen molar-refractivity contribution in [1.29, 1.82) is 0 Å². The second kappa shape index (κ2) is 9.68. The highest BCUT2D eigenvalue weighted by molar-refractivity contribution is 9.10. The zero-order valence-corrected chi connectivity index (χ0v) is 17.1. The minimum Gasteiger partial charge on any atom is -0.475 e. The van der Waals surface area contributed by atoms with Crippen LogP contribution in [0.5, 0.6) is 5.88 Å². The minimum absolute atomic E-state index is 0.205. The van der Waals surface area contributed by atoms with Crippen LogP contribution in [0.3, 0.4) is 0 Å². The fourth-order valence-corrected chi connectivity index (χ4v) is 3.01. The van der Waals surface area contributed by atoms with Crippen molar-refractivity contribution in [2.24, 2.45) is 0 Å². The van der Waals surface area contributed by atoms with Crippen LogP contribution in [0.4, 0.5) is 5.69 Å². The fraction of sp³-hybridized carbons (Fsp3) is 0.211. The molecule has 2 heterocycles. The molecule has 2 aromatic heterocycles. The Bertz CT molecular complexity index is 967. The molecule has 3 rings (SSSR count). The smallest absolute Gasteiger partial charge is 0.280 e. The first kappa shape index (κ1) is 20.3. The molecule has 9 heteroatoms. The van der Waals surface area contributed by atoms with Gasteiger partial charge in [0, 0.05) is 30.4 Å². The van der Waals surface area contributed by atoms with Gasteiger partial charge in [-0.25, -0.2) is 5.10 Å². The molecule has 0 aliphatic rings. The number of anilines is 1. The third kappa shape index (κ3) is 5.31. The average Bonchev–Trinajstić information content (AvgIpc) is 2.71. The number of halogens is 2. The molecule has 1 aromatic carbocycles. The molecule has 0 bridgehead atoms. The van der Waals surface area contributed by atoms with E-state index in [1.807, 2.05) is 12.1 Å². The van der Waals surface area contributed by atoms with Crippen molar-refractivity contribution < 1.29 is 9.84 Å². The summed E-state index contributed by atoms with van der Waals surface area (Å²) in [5, 5.41) is 20.4. The Hall–Kier alpha value is -2.42. The first-order valence-electron chi connectivity index (χ1n) is 8.52. The van der Waals surface area contributed by atoms with Crippen molar-refractivity contribution >= 4 is 33.2 Å². The Labute approximate surface area is 174 Å². The lowest BCUT2D eigenvalue weighted by atomic mass is 10.1. The van der Waals surface area contributed by atoms with Crippen LogP contribution >= 0.6 is 27.5 Å². The Balaban J connectivity index is 1.65. The van der Waals surface area contributed by atoms with Crippen LogP contribution in [-0.4, -0.2) is 26.9 Å². The molecule has 3 aromatic rings. The number of aliphatic hydroxyl groups excluding tert-OH is 1. The van der Waals surface area contributed by atoms with Gasteiger partial charge in [-0.2, -0.15) is 0 Å². The maximum absolute atomic E-state index is 11.9. The van der Waals surface area contributed by atoms with Crippen LogP contribution in [-0.2, 0) is 6.54 Å². The molecule has 0 spiro atoms. The van der Waals surface area contributed by atoms with Crippen LogP contribution in [0.15, 0.2) is 58.1 Å². The van der Waals surface area contributed by atoms with E-state index >= 15 is 0 Å². The average molecular weight is 466 g/mol. The molecule has 7 nitrogen and oxygen atoms in total. The lowest BCUT2D eigenvalue weighted by molar-refractivity contribution is 0.139. The Kier molecular flexibility index (Phi) is 7.02. The highest BCUT2D eigenvalue weighted by Crippen LogP contribution is 2.28. The molecule has 28 heavy (non-hydrogen) atoms. The Morgan fingerprint density at radius 2 is 2.07 bits per heavy atom. The number of nitrogens with zero attached hydrogens (tertiary/aromatic N) is 2. The van der Waals surface area contributed by atoms with E-state index in [-0.39, 0.29) is 18.0 Å². The van der Waals surface area contributed by atoms with Crippen molar-refractivity contribution in [2.45, 2.75) is 19.1 Å². The number of hydrogen-bond donors (Lipinski definition) is 3. The van der Waals surface area contributed by atoms with Gasteiger partial charge in [-0.15, -0.1) is 5.10 Å². The lowest BCUT2D eigenvalue weighted by Gasteiger charge is -2.15. The van der Waals surface area contributed by atoms with E-state index in [0.29, 0.717) is 28.1 Å². The molecule has 3 N–H and O–H groups in total. The summed E-state index contributed by atoms with van der Waals surface area (Å²) in [6.45, 7) is 0.651. The molecule has 0 radical (unpaired) electrons. The molecule has 0 aliphatic heterocycles. The summed E-state index contributed by atoms with van der Waals surface area (Å²) in [5.41, 5.74) is 1.76. The number of aliphatic hydroxyl groups is 1. The maximum Gasteiger partial charge on any atom is 0.280 e. The summed E-state index contributed by atoms with van der Waals surface area (Å²) in [4.78, 5) is 15.9. The van der Waals surface area contributed by atoms with Gasteiger partial charge >= 0.3 is 0 Å². The van der Waals surface area contributed by atoms with Gasteiger partial charge in [0.15, 0.2) is 0 Å². The summed E-state index contributed by atoms with van der Waals surface area (Å²) in [5.74, 6) is 0.235. The third-order valence-corrected chi connectivity index (χ3v) is 4.98. The Morgan fingerprint density at radius 1 is 1.29 bits per heavy atom. The predicted molar refractivity (Wildman–Crippen MR) is 111 cm³/mol. The molecule has 0 aliphatic carbocycles. The van der Waals surface area contributed by atoms with Crippen molar-refractivity contribution in [3.05, 3.63) is 79.8 Å². The van der Waals surface area contributed by atoms with Crippen LogP contribution in [0, 0.1) is 0 Å². The van der Waals surface area contributed by atoms with Crippen LogP contribution in [0.25, 0.3) is 0 Å². The number of aromatic amines is 1. The summed E-state index contributed by atoms with van der Waals surface area (Å²) in [6, 6.07) is 10.7. The SMILES string of the molecule is O=c1[nH]nc(OCCC(O)c2ccc(Cl)cc2)c(NCc2cccnc2)c1Br. The second-order valence-electron chi connectivity index (χ2n) is 5.97. The van der Waals surface area contributed by atoms with Gasteiger partial charge < -0.3 is 15.2 Å². The molecular formula is C19H18BrClN4O3. The monoisotopic (exact) mass is 464 g/mol. The van der Waals surface area contributed by atoms with Crippen LogP contribution < -0.4 is 15.6 Å². The number of ether oxygens (including phenoxy) is 1. The van der Waals surface area contributed by atoms with Gasteiger partial charge in [0.05, 0.1) is 12.7 Å². The maximum atomic E-state index is 11.9. The highest BCUT2D eigenvalue weighted by atomic mass is 79.9. The number of nitrogens with one attached hydrogen (secondary N) is 2. The summed E-state index contributed by atoms with van der Waals surface area (Å²) in [7, 11) is 0. The number of rotatable bonds is 8. The first-order chi connectivity index (χ1) is 13.5. The Morgan fingerprint density at radius 3 is 2.79 bits per heavy atom. The molecule has 0 saturated carbocycles. The quantitative estimate of drug-likeness (QED) is 0.469. The number of aromatic nitrogens is 3. The van der Waals surface area contributed by atoms with Gasteiger partial charge in [0.2, 0.25) is 0 Å². The minimum atomic E-state index is -0.699. The number of hydrogen-bond acceptors (Lipinski definition) is 6. The molecule has 1 unspecified atom stereocenters. The topological polar surface area (TPSA) is 100 Å². The van der Waals surface area contributed by atoms with Gasteiger partial charge in [-0.1, -0.05) is 29.8 Å². The number of benzene rings is 1. The van der Waals surface area contributed by atoms with Gasteiger partial charge in [0.25, 0.3) is 11.4 Å². The van der Waals surface area contributed by atoms with E-state index in [1.54, 1.807) is 36.7 Å². The van der Waals surface area contributed by atoms with E-state index in [2.05, 4.69) is 36.4 Å². The van der Waals surface area contributed by atoms with Crippen LogP contribution in [0.1, 0.15) is 23.7 Å². The number of pyridine rings is 1. The zero-order chi connectivity index (χ0) is 19.9. The molecule has 146 valence electrons. The molecule has 0 saturated heterocycles. The highest BCUT2D eigenvalue weighted by Gasteiger charge is 2.15. The van der Waals surface area contributed by atoms with E-state index in [1.165, 1.54) is 0 Å². The molecule has 0 amide bonds. The van der Waals surface area contributed by atoms with Gasteiger partial charge in [-0.05, 0) is 45.3 Å². The van der Waals surface area contributed by atoms with Crippen molar-refractivity contribution in [3.63, 3.8) is 0 Å². The lowest BCUT2D eigenvalue weighted by Crippen LogP contribution is -2.16. The van der Waals surface area contributed by atoms with E-state index in [0.717, 1.165) is 11.1 Å². The van der Waals surface area contributed by atoms with Crippen LogP contribution in [0.2, 0.25) is 5.02 Å². The fourth-order valence-electron chi connectivity index (χ4n) is 2.48. The van der Waals surface area contributed by atoms with E-state index in [4.69, 9.17) is 16.3 Å². The second-order valence-corrected chi connectivity index (χ2v) is 7.20. The summed E-state index contributed by atoms with van der Waals surface area (Å²) < 4.78 is 5.99. The standard InChI is InChI=1S/C19H18BrClN4O3/c20-16-17(23-11-12-2-1-8-22-10-12)19(25-24-18(16)27)28-9-7-15(26)13-3-5-14(21)6-4-13/h1-6,8,10,15,26H,7,9,11H2,(H2,23,24,27). The number of H-pyrrole nitrogens is 1. The normalized spacial score (nSPS) is 11.8. The zero-order valence-electron chi connectivity index (χ0n) is 14.7. The molecular weight excluding hydrogens is 448 g/mol. The van der Waals surface area contributed by atoms with Gasteiger partial charge in [-0.3, -0.25) is 9.78 Å². The van der Waals surface area contributed by atoms with Crippen molar-refractivity contribution in [2.75, 3.05) is 11.9 Å². The first-order valence-corrected chi connectivity index (χ1v) is 9.69. The predicted octanol–water partition coefficient (Wildman–Crippen LogP) is 3.70. The summed E-state index contributed by atoms with van der Waals surface area (Å²) in [6.07, 6.45) is 3.07. The largest absolute Gasteiger partial charge is 0.475 e. The van der Waals surface area contributed by atoms with Crippen molar-refractivity contribution in [1.82, 2.24) is 15.2 Å². The van der Waals surface area contributed by atoms with E-state index < -0.39 is 6.10 Å². The molecule has 1 atom stereocenters. The summed E-state index contributed by atoms with van der Waals surface area (Å²) >= 11 is 9.13. The molecule has 0 fully saturated rings.